The highest BCUT2D eigenvalue weighted by molar-refractivity contribution is 6.05. The smallest absolute Gasteiger partial charge is 0.339 e. The van der Waals surface area contributed by atoms with Crippen molar-refractivity contribution in [3.63, 3.8) is 0 Å². The maximum absolute atomic E-state index is 12.9. The molecule has 31 heavy (non-hydrogen) atoms. The summed E-state index contributed by atoms with van der Waals surface area (Å²) in [7, 11) is 1.61. The van der Waals surface area contributed by atoms with Crippen LogP contribution in [-0.4, -0.2) is 41.0 Å². The van der Waals surface area contributed by atoms with Gasteiger partial charge in [0.2, 0.25) is 0 Å². The van der Waals surface area contributed by atoms with Gasteiger partial charge in [-0.15, -0.1) is 0 Å². The molecule has 3 aromatic rings. The number of fused-ring (bicyclic) bond motifs is 1. The van der Waals surface area contributed by atoms with E-state index < -0.39 is 18.1 Å². The Bertz CT molecular complexity index is 1140. The number of aromatic nitrogens is 1. The number of para-hydroxylation sites is 1. The predicted octanol–water partition coefficient (Wildman–Crippen LogP) is 4.34. The van der Waals surface area contributed by atoms with Crippen molar-refractivity contribution in [1.29, 1.82) is 5.26 Å². The van der Waals surface area contributed by atoms with Crippen molar-refractivity contribution in [3.8, 4) is 17.5 Å². The van der Waals surface area contributed by atoms with Crippen LogP contribution in [0.15, 0.2) is 53.1 Å². The van der Waals surface area contributed by atoms with Gasteiger partial charge < -0.3 is 14.1 Å². The minimum Gasteiger partial charge on any atom is -0.463 e. The van der Waals surface area contributed by atoms with Gasteiger partial charge in [0.05, 0.1) is 23.4 Å². The molecular formula is C24H23N3O4. The summed E-state index contributed by atoms with van der Waals surface area (Å²) < 4.78 is 10.8. The van der Waals surface area contributed by atoms with Crippen molar-refractivity contribution < 1.29 is 18.7 Å². The number of pyridine rings is 1. The Kier molecular flexibility index (Phi) is 5.72. The van der Waals surface area contributed by atoms with Crippen LogP contribution in [0.3, 0.4) is 0 Å². The van der Waals surface area contributed by atoms with Crippen LogP contribution in [0.25, 0.3) is 22.4 Å². The van der Waals surface area contributed by atoms with E-state index in [0.717, 1.165) is 19.3 Å². The lowest BCUT2D eigenvalue weighted by atomic mass is 9.81. The van der Waals surface area contributed by atoms with E-state index in [1.807, 2.05) is 12.1 Å². The molecular weight excluding hydrogens is 394 g/mol. The van der Waals surface area contributed by atoms with E-state index in [-0.39, 0.29) is 5.91 Å². The third-order valence-electron chi connectivity index (χ3n) is 5.94. The summed E-state index contributed by atoms with van der Waals surface area (Å²) in [6, 6.07) is 14.7. The van der Waals surface area contributed by atoms with Gasteiger partial charge in [0.25, 0.3) is 5.91 Å². The van der Waals surface area contributed by atoms with Crippen molar-refractivity contribution >= 4 is 22.8 Å². The van der Waals surface area contributed by atoms with E-state index in [0.29, 0.717) is 40.8 Å². The SMILES string of the molecule is CN(C(=O)COC(=O)c1cc(-c2ccco2)nc2ccccc12)C1(C#N)CCCCC1. The van der Waals surface area contributed by atoms with Crippen molar-refractivity contribution in [2.75, 3.05) is 13.7 Å². The minimum atomic E-state index is -0.822. The Morgan fingerprint density at radius 3 is 2.68 bits per heavy atom. The van der Waals surface area contributed by atoms with E-state index in [4.69, 9.17) is 9.15 Å². The number of hydrogen-bond donors (Lipinski definition) is 0. The van der Waals surface area contributed by atoms with Crippen LogP contribution in [0, 0.1) is 11.3 Å². The highest BCUT2D eigenvalue weighted by Gasteiger charge is 2.39. The number of amides is 1. The Balaban J connectivity index is 1.55. The van der Waals surface area contributed by atoms with Gasteiger partial charge >= 0.3 is 5.97 Å². The van der Waals surface area contributed by atoms with Crippen LogP contribution < -0.4 is 0 Å². The molecule has 0 aliphatic heterocycles. The minimum absolute atomic E-state index is 0.306. The number of likely N-dealkylation sites (N-methyl/N-ethyl adjacent to an activating group) is 1. The quantitative estimate of drug-likeness (QED) is 0.573. The van der Waals surface area contributed by atoms with E-state index in [2.05, 4.69) is 11.1 Å². The standard InChI is InChI=1S/C24H23N3O4/c1-27(24(16-25)11-5-2-6-12-24)22(28)15-31-23(29)18-14-20(21-10-7-13-30-21)26-19-9-4-3-8-17(18)19/h3-4,7-10,13-14H,2,5-6,11-12,15H2,1H3. The highest BCUT2D eigenvalue weighted by Crippen LogP contribution is 2.32. The van der Waals surface area contributed by atoms with Crippen molar-refractivity contribution in [1.82, 2.24) is 9.88 Å². The van der Waals surface area contributed by atoms with E-state index in [9.17, 15) is 14.9 Å². The second kappa shape index (κ2) is 8.60. The molecule has 1 amide bonds. The van der Waals surface area contributed by atoms with Crippen LogP contribution in [-0.2, 0) is 9.53 Å². The fourth-order valence-corrected chi connectivity index (χ4v) is 4.09. The van der Waals surface area contributed by atoms with Gasteiger partial charge in [-0.05, 0) is 37.1 Å². The number of nitriles is 1. The van der Waals surface area contributed by atoms with Crippen LogP contribution in [0.1, 0.15) is 42.5 Å². The number of esters is 1. The topological polar surface area (TPSA) is 96.4 Å². The molecule has 0 spiro atoms. The molecule has 0 atom stereocenters. The maximum atomic E-state index is 12.9. The first-order valence-electron chi connectivity index (χ1n) is 10.3. The van der Waals surface area contributed by atoms with Gasteiger partial charge in [-0.3, -0.25) is 4.79 Å². The third-order valence-corrected chi connectivity index (χ3v) is 5.94. The number of ether oxygens (including phenoxy) is 1. The third kappa shape index (κ3) is 4.02. The van der Waals surface area contributed by atoms with Crippen LogP contribution in [0.2, 0.25) is 0 Å². The molecule has 1 aliphatic carbocycles. The monoisotopic (exact) mass is 417 g/mol. The first kappa shape index (κ1) is 20.6. The normalized spacial score (nSPS) is 15.2. The van der Waals surface area contributed by atoms with Crippen molar-refractivity contribution in [2.24, 2.45) is 0 Å². The molecule has 7 heteroatoms. The van der Waals surface area contributed by atoms with E-state index in [1.165, 1.54) is 11.2 Å². The maximum Gasteiger partial charge on any atom is 0.339 e. The fourth-order valence-electron chi connectivity index (χ4n) is 4.09. The van der Waals surface area contributed by atoms with Gasteiger partial charge in [0.1, 0.15) is 11.2 Å². The lowest BCUT2D eigenvalue weighted by Crippen LogP contribution is -2.51. The molecule has 0 N–H and O–H groups in total. The van der Waals surface area contributed by atoms with Gasteiger partial charge in [-0.25, -0.2) is 9.78 Å². The lowest BCUT2D eigenvalue weighted by molar-refractivity contribution is -0.138. The second-order valence-electron chi connectivity index (χ2n) is 7.78. The lowest BCUT2D eigenvalue weighted by Gasteiger charge is -2.38. The van der Waals surface area contributed by atoms with Crippen LogP contribution in [0.5, 0.6) is 0 Å². The van der Waals surface area contributed by atoms with Gasteiger partial charge in [0, 0.05) is 12.4 Å². The zero-order chi connectivity index (χ0) is 21.8. The number of benzene rings is 1. The molecule has 7 nitrogen and oxygen atoms in total. The zero-order valence-corrected chi connectivity index (χ0v) is 17.3. The summed E-state index contributed by atoms with van der Waals surface area (Å²) in [5, 5.41) is 10.3. The molecule has 1 fully saturated rings. The number of hydrogen-bond acceptors (Lipinski definition) is 6. The summed E-state index contributed by atoms with van der Waals surface area (Å²) in [4.78, 5) is 31.6. The van der Waals surface area contributed by atoms with Crippen LogP contribution >= 0.6 is 0 Å². The molecule has 158 valence electrons. The molecule has 1 saturated carbocycles. The number of carbonyl (C=O) groups is 2. The fraction of sp³-hybridized carbons (Fsp3) is 0.333. The summed E-state index contributed by atoms with van der Waals surface area (Å²) in [5.74, 6) is -0.479. The van der Waals surface area contributed by atoms with Crippen LogP contribution in [0.4, 0.5) is 0 Å². The van der Waals surface area contributed by atoms with E-state index >= 15 is 0 Å². The van der Waals surface area contributed by atoms with Gasteiger partial charge in [0.15, 0.2) is 12.4 Å². The zero-order valence-electron chi connectivity index (χ0n) is 17.3. The molecule has 0 radical (unpaired) electrons. The molecule has 2 heterocycles. The average Bonchev–Trinajstić information content (AvgIpc) is 3.36. The number of nitrogens with zero attached hydrogens (tertiary/aromatic N) is 3. The Morgan fingerprint density at radius 1 is 1.19 bits per heavy atom. The van der Waals surface area contributed by atoms with Crippen molar-refractivity contribution in [2.45, 2.75) is 37.6 Å². The summed E-state index contributed by atoms with van der Waals surface area (Å²) in [6.45, 7) is -0.425. The molecule has 0 bridgehead atoms. The van der Waals surface area contributed by atoms with E-state index in [1.54, 1.807) is 37.4 Å². The van der Waals surface area contributed by atoms with Gasteiger partial charge in [-0.2, -0.15) is 5.26 Å². The molecule has 4 rings (SSSR count). The molecule has 1 aromatic carbocycles. The second-order valence-corrected chi connectivity index (χ2v) is 7.78. The Morgan fingerprint density at radius 2 is 1.97 bits per heavy atom. The molecule has 1 aliphatic rings. The summed E-state index contributed by atoms with van der Waals surface area (Å²) >= 11 is 0. The van der Waals surface area contributed by atoms with Crippen molar-refractivity contribution in [3.05, 3.63) is 54.3 Å². The van der Waals surface area contributed by atoms with Gasteiger partial charge in [-0.1, -0.05) is 37.5 Å². The Hall–Kier alpha value is -3.66. The predicted molar refractivity (Wildman–Crippen MR) is 114 cm³/mol. The number of furan rings is 1. The first-order valence-corrected chi connectivity index (χ1v) is 10.3. The molecule has 0 saturated heterocycles. The Labute approximate surface area is 180 Å². The molecule has 2 aromatic heterocycles. The highest BCUT2D eigenvalue weighted by atomic mass is 16.5. The number of rotatable bonds is 5. The summed E-state index contributed by atoms with van der Waals surface area (Å²) in [6.07, 6.45) is 5.69. The average molecular weight is 417 g/mol. The number of carbonyl (C=O) groups excluding carboxylic acids is 2. The molecule has 0 unspecified atom stereocenters. The summed E-state index contributed by atoms with van der Waals surface area (Å²) in [5.41, 5.74) is 0.611. The first-order chi connectivity index (χ1) is 15.0. The largest absolute Gasteiger partial charge is 0.463 e.